The summed E-state index contributed by atoms with van der Waals surface area (Å²) in [4.78, 5) is 6.85. The molecule has 1 aromatic rings. The fraction of sp³-hybridized carbons (Fsp3) is 0.588. The summed E-state index contributed by atoms with van der Waals surface area (Å²) in [6.07, 6.45) is 3.52. The average Bonchev–Trinajstić information content (AvgIpc) is 3.04. The van der Waals surface area contributed by atoms with Crippen LogP contribution in [0.5, 0.6) is 5.75 Å². The van der Waals surface area contributed by atoms with Gasteiger partial charge in [-0.05, 0) is 50.2 Å². The maximum absolute atomic E-state index is 11.2. The molecule has 0 bridgehead atoms. The molecule has 9 heteroatoms. The van der Waals surface area contributed by atoms with Gasteiger partial charge in [-0.15, -0.1) is 0 Å². The Morgan fingerprint density at radius 3 is 2.77 bits per heavy atom. The zero-order valence-electron chi connectivity index (χ0n) is 15.4. The van der Waals surface area contributed by atoms with Crippen molar-refractivity contribution >= 4 is 21.7 Å². The fourth-order valence-corrected chi connectivity index (χ4v) is 3.52. The molecule has 1 heterocycles. The van der Waals surface area contributed by atoms with Crippen LogP contribution in [0.4, 0.5) is 5.69 Å². The van der Waals surface area contributed by atoms with Crippen molar-refractivity contribution in [1.29, 1.82) is 0 Å². The van der Waals surface area contributed by atoms with Crippen LogP contribution < -0.4 is 20.5 Å². The quantitative estimate of drug-likeness (QED) is 0.331. The third-order valence-corrected chi connectivity index (χ3v) is 4.82. The Morgan fingerprint density at radius 2 is 2.12 bits per heavy atom. The Kier molecular flexibility index (Phi) is 7.52. The van der Waals surface area contributed by atoms with E-state index in [1.54, 1.807) is 24.3 Å². The number of sulfonamides is 1. The van der Waals surface area contributed by atoms with Crippen molar-refractivity contribution in [2.45, 2.75) is 25.8 Å². The maximum Gasteiger partial charge on any atom is 0.229 e. The van der Waals surface area contributed by atoms with E-state index in [-0.39, 0.29) is 0 Å². The highest BCUT2D eigenvalue weighted by atomic mass is 32.2. The van der Waals surface area contributed by atoms with E-state index >= 15 is 0 Å². The highest BCUT2D eigenvalue weighted by Crippen LogP contribution is 2.17. The second-order valence-corrected chi connectivity index (χ2v) is 8.07. The topological polar surface area (TPSA) is 109 Å². The lowest BCUT2D eigenvalue weighted by Gasteiger charge is -2.20. The number of ether oxygens (including phenoxy) is 1. The summed E-state index contributed by atoms with van der Waals surface area (Å²) >= 11 is 0. The van der Waals surface area contributed by atoms with E-state index in [9.17, 15) is 8.42 Å². The van der Waals surface area contributed by atoms with Gasteiger partial charge >= 0.3 is 0 Å². The van der Waals surface area contributed by atoms with Crippen molar-refractivity contribution in [1.82, 2.24) is 10.2 Å². The first kappa shape index (κ1) is 20.3. The summed E-state index contributed by atoms with van der Waals surface area (Å²) < 4.78 is 30.3. The number of nitrogens with zero attached hydrogens (tertiary/aromatic N) is 2. The van der Waals surface area contributed by atoms with Crippen LogP contribution in [0.2, 0.25) is 0 Å². The van der Waals surface area contributed by atoms with Crippen LogP contribution in [0.15, 0.2) is 29.3 Å². The zero-order valence-corrected chi connectivity index (χ0v) is 16.3. The summed E-state index contributed by atoms with van der Waals surface area (Å²) in [6, 6.07) is 7.23. The van der Waals surface area contributed by atoms with Crippen LogP contribution >= 0.6 is 0 Å². The van der Waals surface area contributed by atoms with Crippen LogP contribution in [-0.4, -0.2) is 64.4 Å². The van der Waals surface area contributed by atoms with Crippen molar-refractivity contribution in [3.05, 3.63) is 24.3 Å². The second-order valence-electron chi connectivity index (χ2n) is 6.32. The molecule has 0 spiro atoms. The smallest absolute Gasteiger partial charge is 0.229 e. The third-order valence-electron chi connectivity index (χ3n) is 4.21. The molecule has 0 radical (unpaired) electrons. The van der Waals surface area contributed by atoms with Crippen LogP contribution in [0.1, 0.15) is 19.8 Å². The lowest BCUT2D eigenvalue weighted by molar-refractivity contribution is 0.273. The second kappa shape index (κ2) is 9.63. The van der Waals surface area contributed by atoms with Crippen molar-refractivity contribution in [3.63, 3.8) is 0 Å². The highest BCUT2D eigenvalue weighted by Gasteiger charge is 2.22. The van der Waals surface area contributed by atoms with Gasteiger partial charge in [0, 0.05) is 11.7 Å². The van der Waals surface area contributed by atoms with Crippen molar-refractivity contribution in [2.24, 2.45) is 10.7 Å². The Balaban J connectivity index is 1.67. The number of hydrogen-bond donors (Lipinski definition) is 3. The summed E-state index contributed by atoms with van der Waals surface area (Å²) in [6.45, 7) is 6.07. The molecule has 1 aliphatic heterocycles. The molecule has 1 unspecified atom stereocenters. The molecule has 1 aromatic carbocycles. The minimum atomic E-state index is -3.27. The highest BCUT2D eigenvalue weighted by molar-refractivity contribution is 7.92. The zero-order chi connectivity index (χ0) is 19.0. The Hall–Kier alpha value is -2.00. The molecule has 0 aromatic heterocycles. The number of likely N-dealkylation sites (tertiary alicyclic amines) is 1. The van der Waals surface area contributed by atoms with Crippen molar-refractivity contribution < 1.29 is 13.2 Å². The summed E-state index contributed by atoms with van der Waals surface area (Å²) in [5, 5.41) is 3.04. The predicted octanol–water partition coefficient (Wildman–Crippen LogP) is 0.826. The molecule has 1 aliphatic rings. The van der Waals surface area contributed by atoms with Gasteiger partial charge in [-0.2, -0.15) is 0 Å². The number of guanidine groups is 1. The van der Waals surface area contributed by atoms with Gasteiger partial charge < -0.3 is 15.8 Å². The maximum atomic E-state index is 11.2. The van der Waals surface area contributed by atoms with Gasteiger partial charge in [0.2, 0.25) is 10.0 Å². The van der Waals surface area contributed by atoms with E-state index in [1.807, 2.05) is 0 Å². The Bertz CT molecular complexity index is 691. The molecular formula is C17H29N5O3S. The number of anilines is 1. The van der Waals surface area contributed by atoms with Gasteiger partial charge in [-0.3, -0.25) is 14.6 Å². The van der Waals surface area contributed by atoms with Crippen LogP contribution in [0, 0.1) is 0 Å². The van der Waals surface area contributed by atoms with E-state index in [1.165, 1.54) is 12.8 Å². The molecule has 4 N–H and O–H groups in total. The SMILES string of the molecule is CCN1CCCC1CN=C(N)NCCOc1ccc(NS(C)(=O)=O)cc1. The van der Waals surface area contributed by atoms with Crippen molar-refractivity contribution in [2.75, 3.05) is 43.8 Å². The minimum absolute atomic E-state index is 0.430. The first-order valence-corrected chi connectivity index (χ1v) is 10.7. The van der Waals surface area contributed by atoms with E-state index in [0.29, 0.717) is 36.6 Å². The molecule has 2 rings (SSSR count). The first-order valence-electron chi connectivity index (χ1n) is 8.86. The third kappa shape index (κ3) is 7.09. The monoisotopic (exact) mass is 383 g/mol. The Labute approximate surface area is 155 Å². The number of hydrogen-bond acceptors (Lipinski definition) is 5. The van der Waals surface area contributed by atoms with Gasteiger partial charge in [-0.25, -0.2) is 8.42 Å². The largest absolute Gasteiger partial charge is 0.492 e. The van der Waals surface area contributed by atoms with Gasteiger partial charge in [0.25, 0.3) is 0 Å². The number of benzene rings is 1. The lowest BCUT2D eigenvalue weighted by atomic mass is 10.2. The normalized spacial score (nSPS) is 18.7. The molecule has 0 amide bonds. The molecule has 1 saturated heterocycles. The predicted molar refractivity (Wildman–Crippen MR) is 105 cm³/mol. The van der Waals surface area contributed by atoms with E-state index in [2.05, 4.69) is 26.9 Å². The lowest BCUT2D eigenvalue weighted by Crippen LogP contribution is -2.37. The van der Waals surface area contributed by atoms with E-state index in [4.69, 9.17) is 10.5 Å². The van der Waals surface area contributed by atoms with Crippen LogP contribution in [-0.2, 0) is 10.0 Å². The molecule has 0 aliphatic carbocycles. The molecule has 146 valence electrons. The van der Waals surface area contributed by atoms with Gasteiger partial charge in [-0.1, -0.05) is 6.92 Å². The first-order chi connectivity index (χ1) is 12.4. The number of aliphatic imine (C=N–C) groups is 1. The molecule has 26 heavy (non-hydrogen) atoms. The van der Waals surface area contributed by atoms with E-state index in [0.717, 1.165) is 25.9 Å². The number of nitrogens with two attached hydrogens (primary N) is 1. The summed E-state index contributed by atoms with van der Waals surface area (Å²) in [5.74, 6) is 1.09. The number of rotatable bonds is 9. The van der Waals surface area contributed by atoms with E-state index < -0.39 is 10.0 Å². The van der Waals surface area contributed by atoms with Crippen LogP contribution in [0.25, 0.3) is 0 Å². The van der Waals surface area contributed by atoms with Crippen molar-refractivity contribution in [3.8, 4) is 5.75 Å². The van der Waals surface area contributed by atoms with Crippen LogP contribution in [0.3, 0.4) is 0 Å². The molecule has 0 saturated carbocycles. The number of likely N-dealkylation sites (N-methyl/N-ethyl adjacent to an activating group) is 1. The number of nitrogens with one attached hydrogen (secondary N) is 2. The minimum Gasteiger partial charge on any atom is -0.492 e. The fourth-order valence-electron chi connectivity index (χ4n) is 2.96. The summed E-state index contributed by atoms with van der Waals surface area (Å²) in [7, 11) is -3.27. The van der Waals surface area contributed by atoms with Gasteiger partial charge in [0.15, 0.2) is 5.96 Å². The Morgan fingerprint density at radius 1 is 1.38 bits per heavy atom. The standard InChI is InChI=1S/C17H29N5O3S/c1-3-22-11-4-5-15(22)13-20-17(18)19-10-12-25-16-8-6-14(7-9-16)21-26(2,23)24/h6-9,15,21H,3-5,10-13H2,1-2H3,(H3,18,19,20). The van der Waals surface area contributed by atoms with Gasteiger partial charge in [0.05, 0.1) is 19.3 Å². The van der Waals surface area contributed by atoms with Gasteiger partial charge in [0.1, 0.15) is 12.4 Å². The summed E-state index contributed by atoms with van der Waals surface area (Å²) in [5.41, 5.74) is 6.40. The average molecular weight is 384 g/mol. The molecule has 1 atom stereocenters. The molecule has 8 nitrogen and oxygen atoms in total. The molecular weight excluding hydrogens is 354 g/mol. The molecule has 1 fully saturated rings.